The van der Waals surface area contributed by atoms with Gasteiger partial charge >= 0.3 is 7.60 Å². The molecular formula is C6H14NO4P. The highest BCUT2D eigenvalue weighted by Crippen LogP contribution is 2.44. The second-order valence-corrected chi connectivity index (χ2v) is 3.86. The predicted octanol–water partition coefficient (Wildman–Crippen LogP) is 1.42. The van der Waals surface area contributed by atoms with Gasteiger partial charge in [0.25, 0.3) is 5.96 Å². The van der Waals surface area contributed by atoms with Gasteiger partial charge in [-0.05, 0) is 13.8 Å². The van der Waals surface area contributed by atoms with Gasteiger partial charge in [-0.15, -0.1) is 0 Å². The van der Waals surface area contributed by atoms with Crippen LogP contribution in [0, 0.1) is 5.21 Å². The molecule has 0 aromatic heterocycles. The molecular weight excluding hydrogens is 181 g/mol. The van der Waals surface area contributed by atoms with Gasteiger partial charge in [0, 0.05) is 0 Å². The minimum absolute atomic E-state index is 0.252. The number of hydrogen-bond acceptors (Lipinski definition) is 4. The van der Waals surface area contributed by atoms with Crippen LogP contribution in [0.4, 0.5) is 0 Å². The molecule has 0 amide bonds. The summed E-state index contributed by atoms with van der Waals surface area (Å²) in [4.78, 5) is 0. The minimum Gasteiger partial charge on any atom is -0.624 e. The maximum atomic E-state index is 11.5. The summed E-state index contributed by atoms with van der Waals surface area (Å²) in [5, 5.41) is 10.5. The Morgan fingerprint density at radius 3 is 2.08 bits per heavy atom. The maximum Gasteiger partial charge on any atom is 0.417 e. The molecule has 0 atom stereocenters. The van der Waals surface area contributed by atoms with Gasteiger partial charge in [0.05, 0.1) is 13.2 Å². The van der Waals surface area contributed by atoms with Crippen LogP contribution < -0.4 is 0 Å². The second-order valence-electron chi connectivity index (χ2n) is 2.04. The molecule has 0 aliphatic heterocycles. The molecule has 0 heterocycles. The monoisotopic (exact) mass is 195 g/mol. The summed E-state index contributed by atoms with van der Waals surface area (Å²) >= 11 is 0. The standard InChI is InChI=1S/C6H14NO4P/c1-4-10-12(9,11-5-2)6-7(3)8/h6H,4-5H2,1-3H3/b7-6+. The summed E-state index contributed by atoms with van der Waals surface area (Å²) in [6.45, 7) is 3.87. The van der Waals surface area contributed by atoms with E-state index in [1.807, 2.05) is 0 Å². The van der Waals surface area contributed by atoms with Gasteiger partial charge in [0.1, 0.15) is 7.05 Å². The molecule has 6 heteroatoms. The third-order valence-electron chi connectivity index (χ3n) is 0.922. The summed E-state index contributed by atoms with van der Waals surface area (Å²) in [7, 11) is -2.06. The van der Waals surface area contributed by atoms with Crippen LogP contribution in [0.15, 0.2) is 0 Å². The molecule has 0 radical (unpaired) electrons. The molecule has 0 aromatic rings. The molecule has 0 saturated carbocycles. The molecule has 0 aromatic carbocycles. The van der Waals surface area contributed by atoms with Crippen LogP contribution >= 0.6 is 7.60 Å². The second kappa shape index (κ2) is 5.30. The van der Waals surface area contributed by atoms with E-state index >= 15 is 0 Å². The molecule has 0 spiro atoms. The lowest BCUT2D eigenvalue weighted by molar-refractivity contribution is -0.415. The highest BCUT2D eigenvalue weighted by atomic mass is 31.2. The zero-order valence-electron chi connectivity index (χ0n) is 7.52. The number of nitrogens with zero attached hydrogens (tertiary/aromatic N) is 1. The molecule has 72 valence electrons. The predicted molar refractivity (Wildman–Crippen MR) is 46.5 cm³/mol. The quantitative estimate of drug-likeness (QED) is 0.219. The van der Waals surface area contributed by atoms with E-state index in [4.69, 9.17) is 9.05 Å². The van der Waals surface area contributed by atoms with Crippen LogP contribution in [0.5, 0.6) is 0 Å². The van der Waals surface area contributed by atoms with Gasteiger partial charge in [-0.2, -0.15) is 0 Å². The third-order valence-corrected chi connectivity index (χ3v) is 2.77. The van der Waals surface area contributed by atoms with Crippen molar-refractivity contribution in [2.24, 2.45) is 0 Å². The Morgan fingerprint density at radius 2 is 1.83 bits per heavy atom. The van der Waals surface area contributed by atoms with Gasteiger partial charge in [0.2, 0.25) is 0 Å². The van der Waals surface area contributed by atoms with Crippen LogP contribution in [-0.4, -0.2) is 31.0 Å². The lowest BCUT2D eigenvalue weighted by Gasteiger charge is -2.10. The molecule has 0 rings (SSSR count). The first-order valence-corrected chi connectivity index (χ1v) is 5.30. The number of hydroxylamine groups is 1. The van der Waals surface area contributed by atoms with Crippen molar-refractivity contribution >= 4 is 13.6 Å². The van der Waals surface area contributed by atoms with Crippen molar-refractivity contribution < 1.29 is 18.4 Å². The zero-order chi connectivity index (χ0) is 9.61. The molecule has 0 aliphatic carbocycles. The lowest BCUT2D eigenvalue weighted by Crippen LogP contribution is -2.03. The Hall–Kier alpha value is -0.380. The highest BCUT2D eigenvalue weighted by Gasteiger charge is 2.24. The van der Waals surface area contributed by atoms with E-state index < -0.39 is 7.60 Å². The van der Waals surface area contributed by atoms with E-state index in [1.165, 1.54) is 7.05 Å². The van der Waals surface area contributed by atoms with Crippen molar-refractivity contribution in [1.29, 1.82) is 0 Å². The van der Waals surface area contributed by atoms with Crippen molar-refractivity contribution in [2.75, 3.05) is 20.3 Å². The van der Waals surface area contributed by atoms with E-state index in [0.717, 1.165) is 5.96 Å². The van der Waals surface area contributed by atoms with Crippen molar-refractivity contribution in [1.82, 2.24) is 0 Å². The van der Waals surface area contributed by atoms with E-state index in [-0.39, 0.29) is 13.2 Å². The van der Waals surface area contributed by atoms with Gasteiger partial charge in [0.15, 0.2) is 0 Å². The fourth-order valence-corrected chi connectivity index (χ4v) is 1.99. The van der Waals surface area contributed by atoms with Gasteiger partial charge < -0.3 is 14.3 Å². The molecule has 0 bridgehead atoms. The topological polar surface area (TPSA) is 61.6 Å². The molecule has 0 aliphatic rings. The summed E-state index contributed by atoms with van der Waals surface area (Å²) in [6.07, 6.45) is 0. The van der Waals surface area contributed by atoms with Crippen LogP contribution in [0.25, 0.3) is 0 Å². The summed E-state index contributed by atoms with van der Waals surface area (Å²) in [5.74, 6) is 0.917. The van der Waals surface area contributed by atoms with Crippen molar-refractivity contribution in [3.63, 3.8) is 0 Å². The first-order chi connectivity index (χ1) is 5.54. The smallest absolute Gasteiger partial charge is 0.417 e. The first-order valence-electron chi connectivity index (χ1n) is 3.69. The van der Waals surface area contributed by atoms with E-state index in [2.05, 4.69) is 0 Å². The Labute approximate surface area is 72.1 Å². The number of rotatable bonds is 5. The zero-order valence-corrected chi connectivity index (χ0v) is 8.41. The van der Waals surface area contributed by atoms with Crippen molar-refractivity contribution in [3.05, 3.63) is 5.21 Å². The molecule has 5 nitrogen and oxygen atoms in total. The van der Waals surface area contributed by atoms with E-state index in [1.54, 1.807) is 13.8 Å². The minimum atomic E-state index is -3.29. The van der Waals surface area contributed by atoms with Crippen LogP contribution in [-0.2, 0) is 13.6 Å². The highest BCUT2D eigenvalue weighted by molar-refractivity contribution is 7.69. The van der Waals surface area contributed by atoms with E-state index in [0.29, 0.717) is 4.74 Å². The molecule has 0 fully saturated rings. The van der Waals surface area contributed by atoms with Gasteiger partial charge in [-0.25, -0.2) is 9.30 Å². The van der Waals surface area contributed by atoms with Crippen LogP contribution in [0.2, 0.25) is 0 Å². The third kappa shape index (κ3) is 4.49. The Morgan fingerprint density at radius 1 is 1.42 bits per heavy atom. The van der Waals surface area contributed by atoms with Crippen molar-refractivity contribution in [2.45, 2.75) is 13.8 Å². The Kier molecular flexibility index (Phi) is 5.13. The normalized spacial score (nSPS) is 13.4. The average Bonchev–Trinajstić information content (AvgIpc) is 1.85. The average molecular weight is 195 g/mol. The first kappa shape index (κ1) is 11.6. The Balaban J connectivity index is 4.40. The lowest BCUT2D eigenvalue weighted by atomic mass is 10.9. The van der Waals surface area contributed by atoms with Gasteiger partial charge in [-0.1, -0.05) is 0 Å². The van der Waals surface area contributed by atoms with E-state index in [9.17, 15) is 9.77 Å². The molecule has 0 unspecified atom stereocenters. The van der Waals surface area contributed by atoms with Crippen LogP contribution in [0.1, 0.15) is 13.8 Å². The fourth-order valence-electron chi connectivity index (χ4n) is 0.663. The SMILES string of the molecule is CCOP(=O)(/C=[N+](\C)[O-])OCC. The van der Waals surface area contributed by atoms with Crippen LogP contribution in [0.3, 0.4) is 0 Å². The summed E-state index contributed by atoms with van der Waals surface area (Å²) in [5.41, 5.74) is 0. The number of hydrogen-bond donors (Lipinski definition) is 0. The summed E-state index contributed by atoms with van der Waals surface area (Å²) in [6, 6.07) is 0. The molecule has 0 saturated heterocycles. The Bertz CT molecular complexity index is 190. The largest absolute Gasteiger partial charge is 0.624 e. The van der Waals surface area contributed by atoms with Gasteiger partial charge in [-0.3, -0.25) is 0 Å². The van der Waals surface area contributed by atoms with Crippen molar-refractivity contribution in [3.8, 4) is 0 Å². The molecule has 12 heavy (non-hydrogen) atoms. The summed E-state index contributed by atoms with van der Waals surface area (Å²) < 4.78 is 21.5. The molecule has 0 N–H and O–H groups in total. The maximum absolute atomic E-state index is 11.5. The fraction of sp³-hybridized carbons (Fsp3) is 0.833.